The molecule has 1 heterocycles. The maximum Gasteiger partial charge on any atom is 0.335 e. The second-order valence-electron chi connectivity index (χ2n) is 10.4. The molecule has 184 valence electrons. The van der Waals surface area contributed by atoms with Gasteiger partial charge in [-0.05, 0) is 67.6 Å². The summed E-state index contributed by atoms with van der Waals surface area (Å²) < 4.78 is 5.22. The summed E-state index contributed by atoms with van der Waals surface area (Å²) in [4.78, 5) is 24.0. The first kappa shape index (κ1) is 24.9. The lowest BCUT2D eigenvalue weighted by atomic mass is 9.46. The number of esters is 1. The molecule has 1 unspecified atom stereocenters. The molecule has 0 radical (unpaired) electrons. The van der Waals surface area contributed by atoms with Crippen molar-refractivity contribution in [3.8, 4) is 0 Å². The fourth-order valence-electron chi connectivity index (χ4n) is 6.54. The van der Waals surface area contributed by atoms with Gasteiger partial charge in [-0.1, -0.05) is 26.0 Å². The molecule has 0 saturated heterocycles. The zero-order valence-corrected chi connectivity index (χ0v) is 20.6. The van der Waals surface area contributed by atoms with Gasteiger partial charge in [-0.15, -0.1) is 11.8 Å². The normalized spacial score (nSPS) is 34.2. The van der Waals surface area contributed by atoms with Crippen molar-refractivity contribution in [3.05, 3.63) is 58.2 Å². The fraction of sp³-hybridized carbons (Fsp3) is 0.577. The number of nitro benzene ring substituents is 1. The number of hydrogen-bond acceptors (Lipinski definition) is 7. The summed E-state index contributed by atoms with van der Waals surface area (Å²) in [7, 11) is 0. The Balaban J connectivity index is 1.65. The number of benzene rings is 1. The molecular formula is C26H33NO6S. The first-order chi connectivity index (χ1) is 16.1. The van der Waals surface area contributed by atoms with Crippen LogP contribution in [0.5, 0.6) is 0 Å². The number of aliphatic hydroxyl groups excluding tert-OH is 2. The van der Waals surface area contributed by atoms with Gasteiger partial charge in [-0.2, -0.15) is 0 Å². The quantitative estimate of drug-likeness (QED) is 0.189. The molecule has 2 fully saturated rings. The third-order valence-electron chi connectivity index (χ3n) is 8.57. The van der Waals surface area contributed by atoms with Gasteiger partial charge in [0.15, 0.2) is 0 Å². The summed E-state index contributed by atoms with van der Waals surface area (Å²) >= 11 is 1.52. The smallest absolute Gasteiger partial charge is 0.335 e. The molecule has 1 aliphatic heterocycles. The first-order valence-corrected chi connectivity index (χ1v) is 12.7. The number of thioether (sulfide) groups is 1. The molecule has 34 heavy (non-hydrogen) atoms. The molecule has 3 aliphatic rings. The first-order valence-electron chi connectivity index (χ1n) is 11.8. The van der Waals surface area contributed by atoms with Crippen molar-refractivity contribution in [2.45, 2.75) is 62.2 Å². The second kappa shape index (κ2) is 9.47. The van der Waals surface area contributed by atoms with E-state index in [0.717, 1.165) is 29.7 Å². The van der Waals surface area contributed by atoms with E-state index in [4.69, 9.17) is 4.74 Å². The summed E-state index contributed by atoms with van der Waals surface area (Å²) in [6.07, 6.45) is 5.12. The van der Waals surface area contributed by atoms with Gasteiger partial charge >= 0.3 is 5.97 Å². The predicted octanol–water partition coefficient (Wildman–Crippen LogP) is 4.67. The highest BCUT2D eigenvalue weighted by molar-refractivity contribution is 8.00. The summed E-state index contributed by atoms with van der Waals surface area (Å²) in [5.74, 6) is -0.0740. The molecule has 8 heteroatoms. The minimum atomic E-state index is -0.571. The van der Waals surface area contributed by atoms with E-state index in [-0.39, 0.29) is 47.4 Å². The van der Waals surface area contributed by atoms with Crippen molar-refractivity contribution in [3.63, 3.8) is 0 Å². The van der Waals surface area contributed by atoms with E-state index >= 15 is 0 Å². The Morgan fingerprint density at radius 3 is 2.59 bits per heavy atom. The van der Waals surface area contributed by atoms with Crippen molar-refractivity contribution >= 4 is 23.4 Å². The lowest BCUT2D eigenvalue weighted by molar-refractivity contribution is -0.384. The van der Waals surface area contributed by atoms with Gasteiger partial charge < -0.3 is 14.9 Å². The third-order valence-corrected chi connectivity index (χ3v) is 9.84. The van der Waals surface area contributed by atoms with Crippen molar-refractivity contribution in [1.82, 2.24) is 0 Å². The predicted molar refractivity (Wildman–Crippen MR) is 130 cm³/mol. The van der Waals surface area contributed by atoms with Crippen LogP contribution in [0.3, 0.4) is 0 Å². The highest BCUT2D eigenvalue weighted by atomic mass is 32.2. The summed E-state index contributed by atoms with van der Waals surface area (Å²) in [6, 6.07) is 6.40. The number of carbonyl (C=O) groups excluding carboxylic acids is 1. The number of rotatable bonds is 7. The zero-order valence-electron chi connectivity index (χ0n) is 19.7. The maximum atomic E-state index is 12.5. The SMILES string of the molecule is C=C1CC[C@@H]2[C@](C)(CO)[C@H](O)CC[C@@]2(C)[C@@H]1CC(Sc1ccc([N+](=O)[O-])cc1)C1=CCOC1=O. The molecule has 1 aromatic rings. The number of nitro groups is 1. The Morgan fingerprint density at radius 2 is 2.00 bits per heavy atom. The molecule has 0 amide bonds. The van der Waals surface area contributed by atoms with Gasteiger partial charge in [0, 0.05) is 33.3 Å². The van der Waals surface area contributed by atoms with E-state index in [0.29, 0.717) is 18.4 Å². The molecule has 2 N–H and O–H groups in total. The summed E-state index contributed by atoms with van der Waals surface area (Å²) in [5, 5.41) is 31.9. The van der Waals surface area contributed by atoms with Gasteiger partial charge in [-0.25, -0.2) is 4.79 Å². The number of cyclic esters (lactones) is 1. The zero-order chi connectivity index (χ0) is 24.7. The van der Waals surface area contributed by atoms with Crippen LogP contribution in [0.25, 0.3) is 0 Å². The Morgan fingerprint density at radius 1 is 1.29 bits per heavy atom. The molecule has 2 saturated carbocycles. The van der Waals surface area contributed by atoms with E-state index in [9.17, 15) is 25.1 Å². The molecular weight excluding hydrogens is 454 g/mol. The molecule has 0 bridgehead atoms. The summed E-state index contributed by atoms with van der Waals surface area (Å²) in [5.41, 5.74) is 1.07. The van der Waals surface area contributed by atoms with E-state index in [1.165, 1.54) is 23.9 Å². The van der Waals surface area contributed by atoms with Crippen molar-refractivity contribution < 1.29 is 24.7 Å². The number of fused-ring (bicyclic) bond motifs is 1. The number of nitrogens with zero attached hydrogens (tertiary/aromatic N) is 1. The molecule has 1 aromatic carbocycles. The van der Waals surface area contributed by atoms with Gasteiger partial charge in [0.2, 0.25) is 0 Å². The monoisotopic (exact) mass is 487 g/mol. The van der Waals surface area contributed by atoms with Crippen molar-refractivity contribution in [1.29, 1.82) is 0 Å². The van der Waals surface area contributed by atoms with Crippen LogP contribution >= 0.6 is 11.8 Å². The molecule has 0 spiro atoms. The van der Waals surface area contributed by atoms with E-state index in [2.05, 4.69) is 13.5 Å². The second-order valence-corrected chi connectivity index (χ2v) is 11.7. The van der Waals surface area contributed by atoms with Crippen LogP contribution in [0.4, 0.5) is 5.69 Å². The van der Waals surface area contributed by atoms with Crippen LogP contribution in [0.2, 0.25) is 0 Å². The van der Waals surface area contributed by atoms with E-state index in [1.54, 1.807) is 12.1 Å². The largest absolute Gasteiger partial charge is 0.458 e. The van der Waals surface area contributed by atoms with Crippen molar-refractivity contribution in [2.24, 2.45) is 22.7 Å². The maximum absolute atomic E-state index is 12.5. The average molecular weight is 488 g/mol. The average Bonchev–Trinajstić information content (AvgIpc) is 3.24. The van der Waals surface area contributed by atoms with Gasteiger partial charge in [0.05, 0.1) is 17.6 Å². The molecule has 7 nitrogen and oxygen atoms in total. The molecule has 4 rings (SSSR count). The Labute approximate surface area is 204 Å². The van der Waals surface area contributed by atoms with Crippen LogP contribution in [-0.4, -0.2) is 45.7 Å². The van der Waals surface area contributed by atoms with Crippen LogP contribution in [-0.2, 0) is 9.53 Å². The Hall–Kier alpha value is -2.16. The number of ether oxygens (including phenoxy) is 1. The number of non-ortho nitro benzene ring substituents is 1. The highest BCUT2D eigenvalue weighted by Gasteiger charge is 2.58. The van der Waals surface area contributed by atoms with Crippen LogP contribution in [0.1, 0.15) is 46.0 Å². The number of hydrogen-bond donors (Lipinski definition) is 2. The Bertz CT molecular complexity index is 1010. The molecule has 0 aromatic heterocycles. The minimum Gasteiger partial charge on any atom is -0.458 e. The lowest BCUT2D eigenvalue weighted by Crippen LogP contribution is -2.57. The van der Waals surface area contributed by atoms with Crippen LogP contribution in [0, 0.1) is 32.8 Å². The molecule has 2 aliphatic carbocycles. The highest BCUT2D eigenvalue weighted by Crippen LogP contribution is 2.62. The van der Waals surface area contributed by atoms with E-state index in [1.807, 2.05) is 13.0 Å². The van der Waals surface area contributed by atoms with Gasteiger partial charge in [-0.3, -0.25) is 10.1 Å². The van der Waals surface area contributed by atoms with Crippen LogP contribution in [0.15, 0.2) is 53.0 Å². The number of allylic oxidation sites excluding steroid dienone is 1. The standard InChI is InChI=1S/C26H33NO6S/c1-16-4-9-22-25(2,12-10-23(29)26(22,3)15-28)20(16)14-21(19-11-13-33-24(19)30)34-18-7-5-17(6-8-18)27(31)32/h5-8,11,20-23,28-29H,1,4,9-10,12-15H2,2-3H3/t20-,21?,22+,23-,25+,26+/m1/s1. The topological polar surface area (TPSA) is 110 Å². The summed E-state index contributed by atoms with van der Waals surface area (Å²) in [6.45, 7) is 8.85. The number of carbonyl (C=O) groups is 1. The van der Waals surface area contributed by atoms with Gasteiger partial charge in [0.1, 0.15) is 6.61 Å². The van der Waals surface area contributed by atoms with Crippen LogP contribution < -0.4 is 0 Å². The molecule has 6 atom stereocenters. The third kappa shape index (κ3) is 4.32. The fourth-order valence-corrected chi connectivity index (χ4v) is 7.77. The van der Waals surface area contributed by atoms with E-state index < -0.39 is 16.4 Å². The number of aliphatic hydroxyl groups is 2. The van der Waals surface area contributed by atoms with Crippen molar-refractivity contribution in [2.75, 3.05) is 13.2 Å². The lowest BCUT2D eigenvalue weighted by Gasteiger charge is -2.60. The minimum absolute atomic E-state index is 0.0282. The van der Waals surface area contributed by atoms with Gasteiger partial charge in [0.25, 0.3) is 5.69 Å². The Kier molecular flexibility index (Phi) is 6.95.